The standard InChI is InChI=1S/C16H22N2/c1-3-4-5-13-6-7-16-15(11-13)14(8-9-17)10-12(2)18-16/h6-7,10-11H,3-5,8-9,17H2,1-2H3. The lowest BCUT2D eigenvalue weighted by molar-refractivity contribution is 0.795. The predicted octanol–water partition coefficient (Wildman–Crippen LogP) is 3.39. The van der Waals surface area contributed by atoms with Gasteiger partial charge < -0.3 is 5.73 Å². The lowest BCUT2D eigenvalue weighted by Gasteiger charge is -2.09. The Morgan fingerprint density at radius 2 is 2.00 bits per heavy atom. The third-order valence-electron chi connectivity index (χ3n) is 3.32. The van der Waals surface area contributed by atoms with E-state index in [0.29, 0.717) is 6.54 Å². The summed E-state index contributed by atoms with van der Waals surface area (Å²) in [6.07, 6.45) is 4.57. The summed E-state index contributed by atoms with van der Waals surface area (Å²) in [5.41, 5.74) is 10.6. The first kappa shape index (κ1) is 13.0. The highest BCUT2D eigenvalue weighted by atomic mass is 14.7. The Bertz CT molecular complexity index is 532. The fourth-order valence-corrected chi connectivity index (χ4v) is 2.39. The maximum Gasteiger partial charge on any atom is 0.0708 e. The molecule has 0 fully saturated rings. The molecule has 96 valence electrons. The van der Waals surface area contributed by atoms with Crippen molar-refractivity contribution in [3.63, 3.8) is 0 Å². The molecule has 2 heteroatoms. The second kappa shape index (κ2) is 5.96. The summed E-state index contributed by atoms with van der Waals surface area (Å²) in [5, 5.41) is 1.28. The van der Waals surface area contributed by atoms with Crippen molar-refractivity contribution in [3.05, 3.63) is 41.1 Å². The molecule has 0 aliphatic heterocycles. The average Bonchev–Trinajstić information content (AvgIpc) is 2.37. The molecule has 2 nitrogen and oxygen atoms in total. The van der Waals surface area contributed by atoms with Gasteiger partial charge in [-0.3, -0.25) is 4.98 Å². The lowest BCUT2D eigenvalue weighted by Crippen LogP contribution is -2.04. The molecule has 2 aromatic rings. The minimum Gasteiger partial charge on any atom is -0.330 e. The number of nitrogens with zero attached hydrogens (tertiary/aromatic N) is 1. The Hall–Kier alpha value is -1.41. The summed E-state index contributed by atoms with van der Waals surface area (Å²) in [7, 11) is 0. The highest BCUT2D eigenvalue weighted by Crippen LogP contribution is 2.21. The molecule has 0 bridgehead atoms. The average molecular weight is 242 g/mol. The smallest absolute Gasteiger partial charge is 0.0708 e. The van der Waals surface area contributed by atoms with Gasteiger partial charge in [0.2, 0.25) is 0 Å². The first-order valence-corrected chi connectivity index (χ1v) is 6.84. The van der Waals surface area contributed by atoms with Crippen LogP contribution in [0.5, 0.6) is 0 Å². The van der Waals surface area contributed by atoms with Crippen molar-refractivity contribution in [2.24, 2.45) is 5.73 Å². The summed E-state index contributed by atoms with van der Waals surface area (Å²) in [4.78, 5) is 4.60. The van der Waals surface area contributed by atoms with Crippen molar-refractivity contribution in [2.75, 3.05) is 6.54 Å². The molecule has 0 saturated carbocycles. The topological polar surface area (TPSA) is 38.9 Å². The van der Waals surface area contributed by atoms with Gasteiger partial charge in [0, 0.05) is 11.1 Å². The van der Waals surface area contributed by atoms with Crippen LogP contribution in [0.3, 0.4) is 0 Å². The number of rotatable bonds is 5. The number of aromatic nitrogens is 1. The van der Waals surface area contributed by atoms with Crippen molar-refractivity contribution in [2.45, 2.75) is 39.5 Å². The number of benzene rings is 1. The Kier molecular flexibility index (Phi) is 4.32. The molecule has 0 amide bonds. The first-order chi connectivity index (χ1) is 8.74. The zero-order valence-electron chi connectivity index (χ0n) is 11.4. The maximum absolute atomic E-state index is 5.70. The van der Waals surface area contributed by atoms with E-state index in [1.54, 1.807) is 0 Å². The van der Waals surface area contributed by atoms with E-state index in [1.807, 2.05) is 6.92 Å². The molecule has 1 heterocycles. The molecular weight excluding hydrogens is 220 g/mol. The van der Waals surface area contributed by atoms with Crippen LogP contribution < -0.4 is 5.73 Å². The summed E-state index contributed by atoms with van der Waals surface area (Å²) in [5.74, 6) is 0. The summed E-state index contributed by atoms with van der Waals surface area (Å²) in [6.45, 7) is 4.97. The fourth-order valence-electron chi connectivity index (χ4n) is 2.39. The van der Waals surface area contributed by atoms with Gasteiger partial charge >= 0.3 is 0 Å². The highest BCUT2D eigenvalue weighted by molar-refractivity contribution is 5.83. The number of fused-ring (bicyclic) bond motifs is 1. The summed E-state index contributed by atoms with van der Waals surface area (Å²) < 4.78 is 0. The van der Waals surface area contributed by atoms with Gasteiger partial charge in [-0.2, -0.15) is 0 Å². The second-order valence-corrected chi connectivity index (χ2v) is 4.92. The molecule has 0 aliphatic carbocycles. The van der Waals surface area contributed by atoms with Crippen LogP contribution in [-0.4, -0.2) is 11.5 Å². The molecular formula is C16H22N2. The van der Waals surface area contributed by atoms with Crippen molar-refractivity contribution >= 4 is 10.9 Å². The van der Waals surface area contributed by atoms with Crippen molar-refractivity contribution < 1.29 is 0 Å². The molecule has 2 rings (SSSR count). The van der Waals surface area contributed by atoms with Crippen LogP contribution in [0.4, 0.5) is 0 Å². The van der Waals surface area contributed by atoms with Crippen LogP contribution in [0.15, 0.2) is 24.3 Å². The number of unbranched alkanes of at least 4 members (excludes halogenated alkanes) is 1. The largest absolute Gasteiger partial charge is 0.330 e. The molecule has 18 heavy (non-hydrogen) atoms. The van der Waals surface area contributed by atoms with Gasteiger partial charge in [0.15, 0.2) is 0 Å². The lowest BCUT2D eigenvalue weighted by atomic mass is 10.0. The van der Waals surface area contributed by atoms with Gasteiger partial charge in [-0.15, -0.1) is 0 Å². The number of aryl methyl sites for hydroxylation is 2. The van der Waals surface area contributed by atoms with E-state index in [4.69, 9.17) is 5.73 Å². The van der Waals surface area contributed by atoms with E-state index in [9.17, 15) is 0 Å². The van der Waals surface area contributed by atoms with E-state index >= 15 is 0 Å². The number of hydrogen-bond acceptors (Lipinski definition) is 2. The van der Waals surface area contributed by atoms with E-state index in [2.05, 4.69) is 36.2 Å². The second-order valence-electron chi connectivity index (χ2n) is 4.92. The Morgan fingerprint density at radius 1 is 1.17 bits per heavy atom. The van der Waals surface area contributed by atoms with Crippen molar-refractivity contribution in [1.82, 2.24) is 4.98 Å². The molecule has 0 spiro atoms. The van der Waals surface area contributed by atoms with E-state index in [1.165, 1.54) is 29.4 Å². The van der Waals surface area contributed by atoms with Gasteiger partial charge in [-0.1, -0.05) is 19.4 Å². The van der Waals surface area contributed by atoms with Gasteiger partial charge in [0.25, 0.3) is 0 Å². The number of hydrogen-bond donors (Lipinski definition) is 1. The maximum atomic E-state index is 5.70. The molecule has 1 aromatic heterocycles. The minimum atomic E-state index is 0.692. The SMILES string of the molecule is CCCCc1ccc2nc(C)cc(CCN)c2c1. The fraction of sp³-hybridized carbons (Fsp3) is 0.438. The van der Waals surface area contributed by atoms with Crippen LogP contribution in [0.1, 0.15) is 36.6 Å². The quantitative estimate of drug-likeness (QED) is 0.873. The molecule has 0 saturated heterocycles. The van der Waals surface area contributed by atoms with Gasteiger partial charge in [-0.05, 0) is 62.1 Å². The molecule has 0 radical (unpaired) electrons. The van der Waals surface area contributed by atoms with Crippen LogP contribution >= 0.6 is 0 Å². The van der Waals surface area contributed by atoms with E-state index in [-0.39, 0.29) is 0 Å². The van der Waals surface area contributed by atoms with Gasteiger partial charge in [0.05, 0.1) is 5.52 Å². The van der Waals surface area contributed by atoms with Crippen LogP contribution in [0.25, 0.3) is 10.9 Å². The highest BCUT2D eigenvalue weighted by Gasteiger charge is 2.04. The molecule has 0 unspecified atom stereocenters. The van der Waals surface area contributed by atoms with Crippen molar-refractivity contribution in [1.29, 1.82) is 0 Å². The zero-order chi connectivity index (χ0) is 13.0. The third kappa shape index (κ3) is 2.88. The monoisotopic (exact) mass is 242 g/mol. The van der Waals surface area contributed by atoms with Gasteiger partial charge in [-0.25, -0.2) is 0 Å². The predicted molar refractivity (Wildman–Crippen MR) is 77.9 cm³/mol. The Balaban J connectivity index is 2.45. The molecule has 0 aliphatic rings. The third-order valence-corrected chi connectivity index (χ3v) is 3.32. The number of nitrogens with two attached hydrogens (primary N) is 1. The molecule has 0 atom stereocenters. The van der Waals surface area contributed by atoms with Crippen LogP contribution in [0, 0.1) is 6.92 Å². The van der Waals surface area contributed by atoms with Crippen molar-refractivity contribution in [3.8, 4) is 0 Å². The minimum absolute atomic E-state index is 0.692. The molecule has 2 N–H and O–H groups in total. The van der Waals surface area contributed by atoms with E-state index in [0.717, 1.165) is 24.1 Å². The zero-order valence-corrected chi connectivity index (χ0v) is 11.4. The summed E-state index contributed by atoms with van der Waals surface area (Å²) >= 11 is 0. The van der Waals surface area contributed by atoms with Crippen LogP contribution in [-0.2, 0) is 12.8 Å². The van der Waals surface area contributed by atoms with Crippen LogP contribution in [0.2, 0.25) is 0 Å². The van der Waals surface area contributed by atoms with Gasteiger partial charge in [0.1, 0.15) is 0 Å². The Labute approximate surface area is 109 Å². The van der Waals surface area contributed by atoms with E-state index < -0.39 is 0 Å². The number of pyridine rings is 1. The Morgan fingerprint density at radius 3 is 2.72 bits per heavy atom. The summed E-state index contributed by atoms with van der Waals surface area (Å²) in [6, 6.07) is 8.81. The first-order valence-electron chi connectivity index (χ1n) is 6.84. The normalized spacial score (nSPS) is 11.1. The molecule has 1 aromatic carbocycles.